The lowest BCUT2D eigenvalue weighted by atomic mass is 10.00. The van der Waals surface area contributed by atoms with E-state index < -0.39 is 0 Å². The van der Waals surface area contributed by atoms with Crippen LogP contribution in [0.2, 0.25) is 0 Å². The minimum absolute atomic E-state index is 0.0426. The lowest BCUT2D eigenvalue weighted by Crippen LogP contribution is -2.29. The Balaban J connectivity index is 3.61. The highest BCUT2D eigenvalue weighted by molar-refractivity contribution is 5.68. The van der Waals surface area contributed by atoms with Crippen LogP contribution in [0, 0.1) is 5.92 Å². The Bertz CT molecular complexity index is 273. The molecule has 0 bridgehead atoms. The molecule has 0 amide bonds. The van der Waals surface area contributed by atoms with E-state index in [1.54, 1.807) is 0 Å². The molecule has 0 saturated heterocycles. The largest absolute Gasteiger partial charge is 0.368 e. The van der Waals surface area contributed by atoms with E-state index in [9.17, 15) is 4.79 Å². The maximum Gasteiger partial charge on any atom is 0.325 e. The Kier molecular flexibility index (Phi) is 16.8. The quantitative estimate of drug-likeness (QED) is 0.223. The van der Waals surface area contributed by atoms with Crippen LogP contribution in [-0.2, 0) is 9.63 Å². The molecule has 0 spiro atoms. The van der Waals surface area contributed by atoms with E-state index >= 15 is 0 Å². The predicted octanol–water partition coefficient (Wildman–Crippen LogP) is 6.51. The number of nitrogens with zero attached hydrogens (tertiary/aromatic N) is 1. The summed E-state index contributed by atoms with van der Waals surface area (Å²) >= 11 is 0. The number of carbonyl (C=O) groups is 1. The van der Waals surface area contributed by atoms with Gasteiger partial charge in [0.2, 0.25) is 0 Å². The molecule has 3 nitrogen and oxygen atoms in total. The van der Waals surface area contributed by atoms with Crippen LogP contribution in [0.4, 0.5) is 0 Å². The number of hydroxylamine groups is 2. The maximum atomic E-state index is 12.0. The third-order valence-electron chi connectivity index (χ3n) is 4.78. The van der Waals surface area contributed by atoms with Crippen LogP contribution in [0.25, 0.3) is 0 Å². The first kappa shape index (κ1) is 23.4. The molecular formula is C21H43NO2. The van der Waals surface area contributed by atoms with Gasteiger partial charge in [-0.25, -0.2) is 0 Å². The molecule has 0 aromatic rings. The molecule has 3 heteroatoms. The van der Waals surface area contributed by atoms with E-state index in [4.69, 9.17) is 4.84 Å². The van der Waals surface area contributed by atoms with Crippen molar-refractivity contribution in [3.63, 3.8) is 0 Å². The molecule has 0 aliphatic heterocycles. The molecule has 0 aromatic carbocycles. The average molecular weight is 342 g/mol. The molecule has 0 fully saturated rings. The topological polar surface area (TPSA) is 29.5 Å². The average Bonchev–Trinajstić information content (AvgIpc) is 2.59. The van der Waals surface area contributed by atoms with Crippen LogP contribution < -0.4 is 0 Å². The van der Waals surface area contributed by atoms with Crippen molar-refractivity contribution < 1.29 is 9.63 Å². The van der Waals surface area contributed by atoms with Crippen LogP contribution in [0.15, 0.2) is 0 Å². The molecule has 0 N–H and O–H groups in total. The minimum Gasteiger partial charge on any atom is -0.368 e. The van der Waals surface area contributed by atoms with Crippen LogP contribution >= 0.6 is 0 Å². The third-order valence-corrected chi connectivity index (χ3v) is 4.78. The highest BCUT2D eigenvalue weighted by Gasteiger charge is 2.10. The lowest BCUT2D eigenvalue weighted by Gasteiger charge is -2.20. The standard InChI is InChI=1S/C21H43NO2/c1-5-8-18-22(19-9-6-2)24-21(23)17-15-13-11-10-12-14-16-20(4)7-3/h20H,5-19H2,1-4H3. The fraction of sp³-hybridized carbons (Fsp3) is 0.952. The number of unbranched alkanes of at least 4 members (excludes halogenated alkanes) is 7. The molecular weight excluding hydrogens is 298 g/mol. The molecule has 0 heterocycles. The summed E-state index contributed by atoms with van der Waals surface area (Å²) < 4.78 is 0. The molecule has 1 atom stereocenters. The Morgan fingerprint density at radius 2 is 1.38 bits per heavy atom. The van der Waals surface area contributed by atoms with Crippen LogP contribution in [0.1, 0.15) is 111 Å². The van der Waals surface area contributed by atoms with Crippen molar-refractivity contribution in [2.75, 3.05) is 13.1 Å². The summed E-state index contributed by atoms with van der Waals surface area (Å²) in [6, 6.07) is 0. The summed E-state index contributed by atoms with van der Waals surface area (Å²) in [4.78, 5) is 17.5. The van der Waals surface area contributed by atoms with Gasteiger partial charge in [-0.3, -0.25) is 4.79 Å². The molecule has 0 aliphatic rings. The van der Waals surface area contributed by atoms with Crippen LogP contribution in [-0.4, -0.2) is 24.1 Å². The number of carbonyl (C=O) groups excluding carboxylic acids is 1. The zero-order valence-electron chi connectivity index (χ0n) is 16.9. The fourth-order valence-electron chi connectivity index (χ4n) is 2.74. The number of hydrogen-bond acceptors (Lipinski definition) is 3. The Hall–Kier alpha value is -0.570. The molecule has 24 heavy (non-hydrogen) atoms. The fourth-order valence-corrected chi connectivity index (χ4v) is 2.74. The van der Waals surface area contributed by atoms with Crippen molar-refractivity contribution >= 4 is 5.97 Å². The van der Waals surface area contributed by atoms with Gasteiger partial charge in [0.15, 0.2) is 0 Å². The molecule has 0 radical (unpaired) electrons. The van der Waals surface area contributed by atoms with E-state index in [0.717, 1.165) is 57.5 Å². The second kappa shape index (κ2) is 17.3. The predicted molar refractivity (Wildman–Crippen MR) is 104 cm³/mol. The van der Waals surface area contributed by atoms with Gasteiger partial charge in [0, 0.05) is 19.5 Å². The summed E-state index contributed by atoms with van der Waals surface area (Å²) in [7, 11) is 0. The highest BCUT2D eigenvalue weighted by atomic mass is 16.7. The Morgan fingerprint density at radius 3 is 1.92 bits per heavy atom. The first-order valence-corrected chi connectivity index (χ1v) is 10.6. The van der Waals surface area contributed by atoms with Gasteiger partial charge in [-0.1, -0.05) is 85.5 Å². The normalized spacial score (nSPS) is 12.5. The molecule has 0 aromatic heterocycles. The van der Waals surface area contributed by atoms with Gasteiger partial charge >= 0.3 is 5.97 Å². The van der Waals surface area contributed by atoms with E-state index in [0.29, 0.717) is 6.42 Å². The number of rotatable bonds is 17. The van der Waals surface area contributed by atoms with Crippen molar-refractivity contribution in [2.24, 2.45) is 5.92 Å². The third kappa shape index (κ3) is 15.0. The summed E-state index contributed by atoms with van der Waals surface area (Å²) in [5, 5.41) is 1.88. The SMILES string of the molecule is CCCCN(CCCC)OC(=O)CCCCCCCCC(C)CC. The molecule has 0 rings (SSSR count). The van der Waals surface area contributed by atoms with Crippen molar-refractivity contribution in [1.82, 2.24) is 5.06 Å². The second-order valence-corrected chi connectivity index (χ2v) is 7.27. The van der Waals surface area contributed by atoms with Gasteiger partial charge in [-0.2, -0.15) is 0 Å². The molecule has 0 saturated carbocycles. The van der Waals surface area contributed by atoms with Crippen molar-refractivity contribution in [2.45, 2.75) is 111 Å². The molecule has 0 aliphatic carbocycles. The van der Waals surface area contributed by atoms with E-state index in [-0.39, 0.29) is 5.97 Å². The van der Waals surface area contributed by atoms with Gasteiger partial charge in [0.25, 0.3) is 0 Å². The lowest BCUT2D eigenvalue weighted by molar-refractivity contribution is -0.191. The van der Waals surface area contributed by atoms with Gasteiger partial charge in [0.1, 0.15) is 0 Å². The van der Waals surface area contributed by atoms with Crippen LogP contribution in [0.5, 0.6) is 0 Å². The summed E-state index contributed by atoms with van der Waals surface area (Å²) in [6.07, 6.45) is 15.1. The maximum absolute atomic E-state index is 12.0. The van der Waals surface area contributed by atoms with Crippen molar-refractivity contribution in [1.29, 1.82) is 0 Å². The first-order valence-electron chi connectivity index (χ1n) is 10.6. The summed E-state index contributed by atoms with van der Waals surface area (Å²) in [5.41, 5.74) is 0. The van der Waals surface area contributed by atoms with Gasteiger partial charge in [-0.15, -0.1) is 5.06 Å². The van der Waals surface area contributed by atoms with E-state index in [1.807, 2.05) is 5.06 Å². The number of hydrogen-bond donors (Lipinski definition) is 0. The zero-order chi connectivity index (χ0) is 18.0. The van der Waals surface area contributed by atoms with Crippen molar-refractivity contribution in [3.8, 4) is 0 Å². The van der Waals surface area contributed by atoms with Crippen LogP contribution in [0.3, 0.4) is 0 Å². The van der Waals surface area contributed by atoms with E-state index in [2.05, 4.69) is 27.7 Å². The summed E-state index contributed by atoms with van der Waals surface area (Å²) in [5.74, 6) is 0.835. The highest BCUT2D eigenvalue weighted by Crippen LogP contribution is 2.14. The van der Waals surface area contributed by atoms with Gasteiger partial charge in [-0.05, 0) is 25.2 Å². The van der Waals surface area contributed by atoms with E-state index in [1.165, 1.54) is 38.5 Å². The van der Waals surface area contributed by atoms with Crippen molar-refractivity contribution in [3.05, 3.63) is 0 Å². The minimum atomic E-state index is -0.0426. The smallest absolute Gasteiger partial charge is 0.325 e. The Labute approximate surface area is 151 Å². The molecule has 1 unspecified atom stereocenters. The summed E-state index contributed by atoms with van der Waals surface area (Å²) in [6.45, 7) is 10.7. The second-order valence-electron chi connectivity index (χ2n) is 7.27. The monoisotopic (exact) mass is 341 g/mol. The Morgan fingerprint density at radius 1 is 0.833 bits per heavy atom. The van der Waals surface area contributed by atoms with Gasteiger partial charge in [0.05, 0.1) is 0 Å². The first-order chi connectivity index (χ1) is 11.6. The van der Waals surface area contributed by atoms with Gasteiger partial charge < -0.3 is 4.84 Å². The zero-order valence-corrected chi connectivity index (χ0v) is 16.9. The molecule has 144 valence electrons.